The van der Waals surface area contributed by atoms with Crippen LogP contribution in [0.1, 0.15) is 27.7 Å². The third-order valence-electron chi connectivity index (χ3n) is 4.96. The maximum atomic E-state index is 14.2. The van der Waals surface area contributed by atoms with Gasteiger partial charge in [-0.25, -0.2) is 13.2 Å². The highest BCUT2D eigenvalue weighted by Gasteiger charge is 2.28. The Morgan fingerprint density at radius 1 is 1.10 bits per heavy atom. The first-order valence-corrected chi connectivity index (χ1v) is 10.4. The molecule has 1 unspecified atom stereocenters. The minimum atomic E-state index is -1.00. The normalized spacial score (nSPS) is 14.8. The lowest BCUT2D eigenvalue weighted by Crippen LogP contribution is -2.35. The Morgan fingerprint density at radius 3 is 2.61 bits per heavy atom. The summed E-state index contributed by atoms with van der Waals surface area (Å²) >= 11 is 1.27. The molecule has 0 saturated carbocycles. The molecule has 0 fully saturated rings. The van der Waals surface area contributed by atoms with Gasteiger partial charge in [-0.15, -0.1) is 11.3 Å². The van der Waals surface area contributed by atoms with E-state index in [1.54, 1.807) is 12.1 Å². The molecule has 2 aromatic carbocycles. The van der Waals surface area contributed by atoms with Crippen molar-refractivity contribution < 1.29 is 27.5 Å². The van der Waals surface area contributed by atoms with Gasteiger partial charge in [0.2, 0.25) is 5.91 Å². The molecule has 1 aliphatic heterocycles. The highest BCUT2D eigenvalue weighted by molar-refractivity contribution is 7.17. The summed E-state index contributed by atoms with van der Waals surface area (Å²) in [5, 5.41) is 2.72. The van der Waals surface area contributed by atoms with Gasteiger partial charge in [0.25, 0.3) is 0 Å². The summed E-state index contributed by atoms with van der Waals surface area (Å²) in [5.74, 6) is -2.26. The van der Waals surface area contributed by atoms with E-state index < -0.39 is 23.6 Å². The number of halogens is 3. The fourth-order valence-corrected chi connectivity index (χ4v) is 4.40. The molecule has 4 nitrogen and oxygen atoms in total. The van der Waals surface area contributed by atoms with Crippen LogP contribution in [0.15, 0.2) is 42.5 Å². The van der Waals surface area contributed by atoms with Gasteiger partial charge in [0.1, 0.15) is 17.7 Å². The van der Waals surface area contributed by atoms with Crippen molar-refractivity contribution in [1.29, 1.82) is 0 Å². The predicted octanol–water partition coefficient (Wildman–Crippen LogP) is 4.70. The van der Waals surface area contributed by atoms with E-state index >= 15 is 0 Å². The van der Waals surface area contributed by atoms with Gasteiger partial charge in [-0.05, 0) is 48.9 Å². The predicted molar refractivity (Wildman–Crippen MR) is 111 cm³/mol. The molecule has 0 bridgehead atoms. The zero-order valence-corrected chi connectivity index (χ0v) is 17.3. The number of benzene rings is 2. The minimum Gasteiger partial charge on any atom is -0.487 e. The second-order valence-electron chi connectivity index (χ2n) is 7.33. The molecule has 1 amide bonds. The van der Waals surface area contributed by atoms with E-state index in [1.807, 2.05) is 0 Å². The third kappa shape index (κ3) is 4.64. The fourth-order valence-electron chi connectivity index (χ4n) is 3.49. The Balaban J connectivity index is 1.43. The Bertz CT molecular complexity index is 1170. The quantitative estimate of drug-likeness (QED) is 0.560. The first kappa shape index (κ1) is 21.1. The van der Waals surface area contributed by atoms with Gasteiger partial charge in [0.05, 0.1) is 17.8 Å². The largest absolute Gasteiger partial charge is 0.487 e. The van der Waals surface area contributed by atoms with Crippen LogP contribution in [-0.2, 0) is 17.6 Å². The minimum absolute atomic E-state index is 0.0631. The Morgan fingerprint density at radius 2 is 1.90 bits per heavy atom. The van der Waals surface area contributed by atoms with Crippen molar-refractivity contribution in [2.24, 2.45) is 0 Å². The Labute approximate surface area is 180 Å². The maximum Gasteiger partial charge on any atom is 0.224 e. The molecule has 8 heteroatoms. The Hall–Kier alpha value is -3.13. The average Bonchev–Trinajstić information content (AvgIpc) is 3.36. The summed E-state index contributed by atoms with van der Waals surface area (Å²) in [7, 11) is 0. The number of thiophene rings is 1. The van der Waals surface area contributed by atoms with Gasteiger partial charge in [0, 0.05) is 22.4 Å². The summed E-state index contributed by atoms with van der Waals surface area (Å²) < 4.78 is 46.5. The van der Waals surface area contributed by atoms with E-state index in [4.69, 9.17) is 4.74 Å². The van der Waals surface area contributed by atoms with Crippen molar-refractivity contribution in [3.8, 4) is 16.2 Å². The van der Waals surface area contributed by atoms with Crippen molar-refractivity contribution in [2.45, 2.75) is 25.9 Å². The molecule has 1 N–H and O–H groups in total. The summed E-state index contributed by atoms with van der Waals surface area (Å²) in [4.78, 5) is 25.1. The van der Waals surface area contributed by atoms with Crippen molar-refractivity contribution in [3.05, 3.63) is 75.9 Å². The number of amides is 1. The van der Waals surface area contributed by atoms with E-state index in [-0.39, 0.29) is 24.7 Å². The molecule has 31 heavy (non-hydrogen) atoms. The zero-order chi connectivity index (χ0) is 22.1. The number of carbonyl (C=O) groups excluding carboxylic acids is 2. The number of hydrogen-bond acceptors (Lipinski definition) is 4. The molecule has 0 spiro atoms. The van der Waals surface area contributed by atoms with Crippen molar-refractivity contribution >= 4 is 23.0 Å². The summed E-state index contributed by atoms with van der Waals surface area (Å²) in [6, 6.07) is 9.56. The lowest BCUT2D eigenvalue weighted by Gasteiger charge is -2.13. The number of rotatable bonds is 6. The number of fused-ring (bicyclic) bond motifs is 1. The van der Waals surface area contributed by atoms with Crippen molar-refractivity contribution in [1.82, 2.24) is 5.32 Å². The van der Waals surface area contributed by atoms with Crippen LogP contribution in [-0.4, -0.2) is 24.3 Å². The summed E-state index contributed by atoms with van der Waals surface area (Å²) in [6.45, 7) is 1.66. The lowest BCUT2D eigenvalue weighted by atomic mass is 10.0. The van der Waals surface area contributed by atoms with Gasteiger partial charge in [-0.2, -0.15) is 0 Å². The van der Waals surface area contributed by atoms with Crippen molar-refractivity contribution in [3.63, 3.8) is 0 Å². The second-order valence-corrected chi connectivity index (χ2v) is 8.42. The van der Waals surface area contributed by atoms with Crippen LogP contribution >= 0.6 is 11.3 Å². The van der Waals surface area contributed by atoms with E-state index in [1.165, 1.54) is 36.5 Å². The number of Topliss-reactive ketones (excluding diaryl/α,β-unsaturated/α-hetero) is 1. The van der Waals surface area contributed by atoms with Gasteiger partial charge < -0.3 is 10.1 Å². The van der Waals surface area contributed by atoms with Crippen LogP contribution in [0.5, 0.6) is 5.75 Å². The highest BCUT2D eigenvalue weighted by Crippen LogP contribution is 2.42. The molecule has 1 aliphatic rings. The molecule has 0 aliphatic carbocycles. The topological polar surface area (TPSA) is 55.4 Å². The molecule has 4 rings (SSSR count). The zero-order valence-electron chi connectivity index (χ0n) is 16.5. The van der Waals surface area contributed by atoms with Crippen LogP contribution in [0.2, 0.25) is 0 Å². The highest BCUT2D eigenvalue weighted by atomic mass is 32.1. The molecule has 3 aromatic rings. The van der Waals surface area contributed by atoms with Gasteiger partial charge in [-0.3, -0.25) is 9.59 Å². The SMILES string of the molecule is CC(=O)c1ccc(-c2cc(F)cc3c2OC(CNC(=O)Cc2ccc(F)c(F)c2)C3)s1. The van der Waals surface area contributed by atoms with E-state index in [0.717, 1.165) is 17.0 Å². The van der Waals surface area contributed by atoms with E-state index in [9.17, 15) is 22.8 Å². The standard InChI is InChI=1S/C23H18F3NO3S/c1-12(28)20-4-5-21(31-20)17-10-15(24)8-14-9-16(30-23(14)17)11-27-22(29)7-13-2-3-18(25)19(26)6-13/h2-6,8,10,16H,7,9,11H2,1H3,(H,27,29). The maximum absolute atomic E-state index is 14.2. The molecule has 0 radical (unpaired) electrons. The number of ketones is 1. The summed E-state index contributed by atoms with van der Waals surface area (Å²) in [5.41, 5.74) is 1.62. The number of hydrogen-bond donors (Lipinski definition) is 1. The molecule has 1 aromatic heterocycles. The van der Waals surface area contributed by atoms with Crippen molar-refractivity contribution in [2.75, 3.05) is 6.54 Å². The summed E-state index contributed by atoms with van der Waals surface area (Å²) in [6.07, 6.45) is -0.0762. The van der Waals surface area contributed by atoms with Crippen LogP contribution in [0.25, 0.3) is 10.4 Å². The fraction of sp³-hybridized carbons (Fsp3) is 0.217. The molecule has 0 saturated heterocycles. The van der Waals surface area contributed by atoms with Crippen LogP contribution in [0.3, 0.4) is 0 Å². The molecular formula is C23H18F3NO3S. The third-order valence-corrected chi connectivity index (χ3v) is 6.18. The average molecular weight is 445 g/mol. The van der Waals surface area contributed by atoms with Crippen LogP contribution < -0.4 is 10.1 Å². The first-order valence-electron chi connectivity index (χ1n) is 9.61. The molecule has 1 atom stereocenters. The van der Waals surface area contributed by atoms with Gasteiger partial charge >= 0.3 is 0 Å². The molecule has 160 valence electrons. The van der Waals surface area contributed by atoms with Gasteiger partial charge in [-0.1, -0.05) is 6.07 Å². The molecular weight excluding hydrogens is 427 g/mol. The van der Waals surface area contributed by atoms with Gasteiger partial charge in [0.15, 0.2) is 17.4 Å². The first-order chi connectivity index (χ1) is 14.8. The van der Waals surface area contributed by atoms with Crippen LogP contribution in [0.4, 0.5) is 13.2 Å². The Kier molecular flexibility index (Phi) is 5.82. The number of ether oxygens (including phenoxy) is 1. The lowest BCUT2D eigenvalue weighted by molar-refractivity contribution is -0.120. The van der Waals surface area contributed by atoms with Crippen LogP contribution in [0, 0.1) is 17.5 Å². The monoisotopic (exact) mass is 445 g/mol. The molecule has 2 heterocycles. The number of nitrogens with one attached hydrogen (secondary N) is 1. The smallest absolute Gasteiger partial charge is 0.224 e. The second kappa shape index (κ2) is 8.55. The number of carbonyl (C=O) groups is 2. The van der Waals surface area contributed by atoms with E-state index in [2.05, 4.69) is 5.32 Å². The van der Waals surface area contributed by atoms with E-state index in [0.29, 0.717) is 33.7 Å².